The lowest BCUT2D eigenvalue weighted by atomic mass is 10.4. The van der Waals surface area contributed by atoms with Crippen LogP contribution in [0.2, 0.25) is 0 Å². The van der Waals surface area contributed by atoms with Crippen molar-refractivity contribution < 1.29 is 8.78 Å². The fraction of sp³-hybridized carbons (Fsp3) is 0.333. The predicted molar refractivity (Wildman–Crippen MR) is 38.9 cm³/mol. The van der Waals surface area contributed by atoms with Crippen molar-refractivity contribution in [2.24, 2.45) is 0 Å². The fourth-order valence-electron chi connectivity index (χ4n) is 0.672. The van der Waals surface area contributed by atoms with Crippen LogP contribution in [0.4, 0.5) is 8.78 Å². The molecule has 0 spiro atoms. The van der Waals surface area contributed by atoms with Gasteiger partial charge in [-0.1, -0.05) is 15.9 Å². The topological polar surface area (TPSA) is 3.24 Å². The van der Waals surface area contributed by atoms with Crippen LogP contribution >= 0.6 is 15.9 Å². The standard InChI is InChI=1S/C6H6BrF2N/c7-5-2-1-3-10(4-5)6(8)9/h1-3,6H,4H2. The normalized spacial score (nSPS) is 18.0. The summed E-state index contributed by atoms with van der Waals surface area (Å²) in [6.07, 6.45) is 4.70. The number of allylic oxidation sites excluding steroid dienone is 2. The summed E-state index contributed by atoms with van der Waals surface area (Å²) in [7, 11) is 0. The molecule has 0 aliphatic carbocycles. The summed E-state index contributed by atoms with van der Waals surface area (Å²) in [5.41, 5.74) is 0. The lowest BCUT2D eigenvalue weighted by Gasteiger charge is -2.20. The average molecular weight is 210 g/mol. The van der Waals surface area contributed by atoms with Crippen molar-refractivity contribution in [2.45, 2.75) is 6.55 Å². The molecule has 0 bridgehead atoms. The third-order valence-corrected chi connectivity index (χ3v) is 1.65. The highest BCUT2D eigenvalue weighted by Gasteiger charge is 2.13. The Balaban J connectivity index is 2.55. The molecule has 1 heterocycles. The maximum atomic E-state index is 11.9. The van der Waals surface area contributed by atoms with Gasteiger partial charge in [0.05, 0.1) is 6.54 Å². The Morgan fingerprint density at radius 1 is 1.60 bits per heavy atom. The van der Waals surface area contributed by atoms with Crippen LogP contribution < -0.4 is 0 Å². The Kier molecular flexibility index (Phi) is 2.43. The molecule has 0 fully saturated rings. The van der Waals surface area contributed by atoms with Crippen LogP contribution in [0.3, 0.4) is 0 Å². The Morgan fingerprint density at radius 3 is 2.70 bits per heavy atom. The molecule has 1 aliphatic heterocycles. The van der Waals surface area contributed by atoms with E-state index in [1.807, 2.05) is 0 Å². The number of halogens is 3. The zero-order valence-electron chi connectivity index (χ0n) is 5.10. The molecule has 0 aromatic heterocycles. The second-order valence-electron chi connectivity index (χ2n) is 1.91. The zero-order chi connectivity index (χ0) is 7.56. The summed E-state index contributed by atoms with van der Waals surface area (Å²) in [4.78, 5) is 0.948. The minimum atomic E-state index is -2.41. The number of hydrogen-bond acceptors (Lipinski definition) is 1. The van der Waals surface area contributed by atoms with Crippen molar-refractivity contribution in [3.05, 3.63) is 22.8 Å². The second-order valence-corrected chi connectivity index (χ2v) is 2.92. The van der Waals surface area contributed by atoms with Gasteiger partial charge in [-0.25, -0.2) is 0 Å². The Hall–Kier alpha value is -0.380. The van der Waals surface area contributed by atoms with E-state index in [4.69, 9.17) is 0 Å². The van der Waals surface area contributed by atoms with Crippen molar-refractivity contribution in [1.29, 1.82) is 0 Å². The SMILES string of the molecule is FC(F)N1C=CC=C(Br)C1. The van der Waals surface area contributed by atoms with Gasteiger partial charge in [-0.15, -0.1) is 0 Å². The molecule has 4 heteroatoms. The Morgan fingerprint density at radius 2 is 2.30 bits per heavy atom. The van der Waals surface area contributed by atoms with E-state index in [2.05, 4.69) is 15.9 Å². The molecule has 10 heavy (non-hydrogen) atoms. The molecule has 0 atom stereocenters. The zero-order valence-corrected chi connectivity index (χ0v) is 6.68. The minimum absolute atomic E-state index is 0.258. The maximum absolute atomic E-state index is 11.9. The van der Waals surface area contributed by atoms with E-state index in [9.17, 15) is 8.78 Å². The number of rotatable bonds is 1. The van der Waals surface area contributed by atoms with Gasteiger partial charge in [0.1, 0.15) is 0 Å². The molecule has 0 N–H and O–H groups in total. The van der Waals surface area contributed by atoms with Gasteiger partial charge in [0.2, 0.25) is 0 Å². The van der Waals surface area contributed by atoms with Crippen LogP contribution in [0, 0.1) is 0 Å². The smallest absolute Gasteiger partial charge is 0.315 e. The van der Waals surface area contributed by atoms with E-state index < -0.39 is 6.55 Å². The molecule has 0 unspecified atom stereocenters. The first kappa shape index (κ1) is 7.72. The largest absolute Gasteiger partial charge is 0.318 e. The second kappa shape index (κ2) is 3.14. The van der Waals surface area contributed by atoms with Gasteiger partial charge in [0.25, 0.3) is 0 Å². The van der Waals surface area contributed by atoms with Gasteiger partial charge in [-0.05, 0) is 12.2 Å². The first-order valence-corrected chi connectivity index (χ1v) is 3.56. The number of alkyl halides is 2. The molecule has 0 saturated carbocycles. The van der Waals surface area contributed by atoms with Crippen molar-refractivity contribution in [3.8, 4) is 0 Å². The molecular formula is C6H6BrF2N. The lowest BCUT2D eigenvalue weighted by Crippen LogP contribution is -2.25. The summed E-state index contributed by atoms with van der Waals surface area (Å²) < 4.78 is 24.6. The van der Waals surface area contributed by atoms with Gasteiger partial charge in [-0.2, -0.15) is 8.78 Å². The monoisotopic (exact) mass is 209 g/mol. The van der Waals surface area contributed by atoms with Crippen LogP contribution in [-0.2, 0) is 0 Å². The molecule has 0 amide bonds. The van der Waals surface area contributed by atoms with Gasteiger partial charge in [0.15, 0.2) is 0 Å². The van der Waals surface area contributed by atoms with Crippen molar-refractivity contribution in [2.75, 3.05) is 6.54 Å². The molecule has 0 saturated heterocycles. The van der Waals surface area contributed by atoms with Crippen LogP contribution in [0.25, 0.3) is 0 Å². The Bertz CT molecular complexity index is 177. The molecule has 1 rings (SSSR count). The lowest BCUT2D eigenvalue weighted by molar-refractivity contribution is 0.0121. The van der Waals surface area contributed by atoms with Crippen LogP contribution in [0.15, 0.2) is 22.8 Å². The molecule has 56 valence electrons. The van der Waals surface area contributed by atoms with Gasteiger partial charge in [0, 0.05) is 10.7 Å². The fourth-order valence-corrected chi connectivity index (χ4v) is 1.11. The molecule has 1 aliphatic rings. The molecule has 0 radical (unpaired) electrons. The summed E-state index contributed by atoms with van der Waals surface area (Å²) in [5.74, 6) is 0. The predicted octanol–water partition coefficient (Wildman–Crippen LogP) is 2.32. The highest BCUT2D eigenvalue weighted by atomic mass is 79.9. The highest BCUT2D eigenvalue weighted by Crippen LogP contribution is 2.16. The maximum Gasteiger partial charge on any atom is 0.315 e. The summed E-state index contributed by atoms with van der Waals surface area (Å²) in [6.45, 7) is -2.15. The summed E-state index contributed by atoms with van der Waals surface area (Å²) >= 11 is 3.13. The first-order chi connectivity index (χ1) is 4.70. The third kappa shape index (κ3) is 1.80. The molecular weight excluding hydrogens is 204 g/mol. The minimum Gasteiger partial charge on any atom is -0.318 e. The quantitative estimate of drug-likeness (QED) is 0.600. The van der Waals surface area contributed by atoms with E-state index in [0.717, 1.165) is 9.38 Å². The molecule has 0 aromatic rings. The van der Waals surface area contributed by atoms with Crippen molar-refractivity contribution in [3.63, 3.8) is 0 Å². The van der Waals surface area contributed by atoms with Gasteiger partial charge < -0.3 is 4.90 Å². The number of hydrogen-bond donors (Lipinski definition) is 0. The third-order valence-electron chi connectivity index (χ3n) is 1.14. The van der Waals surface area contributed by atoms with Crippen molar-refractivity contribution in [1.82, 2.24) is 4.90 Å². The van der Waals surface area contributed by atoms with Crippen molar-refractivity contribution >= 4 is 15.9 Å². The molecule has 1 nitrogen and oxygen atoms in total. The van der Waals surface area contributed by atoms with E-state index >= 15 is 0 Å². The van der Waals surface area contributed by atoms with Crippen LogP contribution in [0.5, 0.6) is 0 Å². The Labute approximate surface area is 66.1 Å². The van der Waals surface area contributed by atoms with E-state index in [0.29, 0.717) is 0 Å². The first-order valence-electron chi connectivity index (χ1n) is 2.77. The van der Waals surface area contributed by atoms with Gasteiger partial charge >= 0.3 is 6.55 Å². The summed E-state index contributed by atoms with van der Waals surface area (Å²) in [6, 6.07) is 0. The molecule has 0 aromatic carbocycles. The van der Waals surface area contributed by atoms with E-state index in [1.165, 1.54) is 6.20 Å². The van der Waals surface area contributed by atoms with E-state index in [-0.39, 0.29) is 6.54 Å². The highest BCUT2D eigenvalue weighted by molar-refractivity contribution is 9.11. The van der Waals surface area contributed by atoms with Gasteiger partial charge in [-0.3, -0.25) is 0 Å². The average Bonchev–Trinajstić information content (AvgIpc) is 1.88. The number of nitrogens with zero attached hydrogens (tertiary/aromatic N) is 1. The van der Waals surface area contributed by atoms with Crippen LogP contribution in [0.1, 0.15) is 0 Å². The summed E-state index contributed by atoms with van der Waals surface area (Å²) in [5, 5.41) is 0. The van der Waals surface area contributed by atoms with Crippen LogP contribution in [-0.4, -0.2) is 18.0 Å². The van der Waals surface area contributed by atoms with E-state index in [1.54, 1.807) is 12.2 Å².